The van der Waals surface area contributed by atoms with Gasteiger partial charge in [-0.15, -0.1) is 0 Å². The van der Waals surface area contributed by atoms with Crippen molar-refractivity contribution in [2.24, 2.45) is 0 Å². The molecule has 0 aliphatic heterocycles. The Kier molecular flexibility index (Phi) is 8.10. The fourth-order valence-corrected chi connectivity index (χ4v) is 2.77. The Morgan fingerprint density at radius 3 is 2.46 bits per heavy atom. The van der Waals surface area contributed by atoms with Crippen molar-refractivity contribution in [3.8, 4) is 0 Å². The van der Waals surface area contributed by atoms with Crippen molar-refractivity contribution in [3.63, 3.8) is 0 Å². The van der Waals surface area contributed by atoms with E-state index in [9.17, 15) is 4.79 Å². The number of nitrogens with zero attached hydrogens (tertiary/aromatic N) is 3. The second kappa shape index (κ2) is 10.3. The van der Waals surface area contributed by atoms with Crippen molar-refractivity contribution in [3.05, 3.63) is 70.0 Å². The van der Waals surface area contributed by atoms with Crippen molar-refractivity contribution < 1.29 is 4.79 Å². The third-order valence-corrected chi connectivity index (χ3v) is 4.57. The van der Waals surface area contributed by atoms with Crippen LogP contribution in [0.3, 0.4) is 0 Å². The number of halogens is 2. The Morgan fingerprint density at radius 2 is 1.81 bits per heavy atom. The molecule has 2 rings (SSSR count). The molecule has 0 saturated heterocycles. The summed E-state index contributed by atoms with van der Waals surface area (Å²) in [5.41, 5.74) is 1.89. The third kappa shape index (κ3) is 6.79. The van der Waals surface area contributed by atoms with E-state index in [2.05, 4.69) is 9.88 Å². The summed E-state index contributed by atoms with van der Waals surface area (Å²) in [6.45, 7) is 2.07. The van der Waals surface area contributed by atoms with Crippen LogP contribution in [0.5, 0.6) is 0 Å². The van der Waals surface area contributed by atoms with E-state index in [0.29, 0.717) is 23.1 Å². The fraction of sp³-hybridized carbons (Fsp3) is 0.300. The molecule has 0 aliphatic carbocycles. The van der Waals surface area contributed by atoms with E-state index in [-0.39, 0.29) is 5.91 Å². The predicted octanol–water partition coefficient (Wildman–Crippen LogP) is 4.38. The number of hydrogen-bond acceptors (Lipinski definition) is 3. The highest BCUT2D eigenvalue weighted by atomic mass is 35.5. The van der Waals surface area contributed by atoms with Gasteiger partial charge >= 0.3 is 0 Å². The maximum atomic E-state index is 12.7. The van der Waals surface area contributed by atoms with Crippen molar-refractivity contribution in [1.82, 2.24) is 14.8 Å². The number of carbonyl (C=O) groups is 1. The molecule has 0 radical (unpaired) electrons. The van der Waals surface area contributed by atoms with E-state index in [4.69, 9.17) is 23.2 Å². The van der Waals surface area contributed by atoms with Gasteiger partial charge in [-0.1, -0.05) is 29.3 Å². The van der Waals surface area contributed by atoms with Crippen LogP contribution in [-0.2, 0) is 11.3 Å². The van der Waals surface area contributed by atoms with E-state index in [1.54, 1.807) is 30.6 Å². The lowest BCUT2D eigenvalue weighted by atomic mass is 10.2. The SMILES string of the molecule is CN(C)CCCN(Cc1ccc(Cl)c(Cl)c1)C(=O)/C=C/c1ccncc1. The fourth-order valence-electron chi connectivity index (χ4n) is 2.45. The molecule has 0 aliphatic rings. The molecule has 1 heterocycles. The first kappa shape index (κ1) is 20.4. The van der Waals surface area contributed by atoms with Crippen molar-refractivity contribution in [2.45, 2.75) is 13.0 Å². The minimum atomic E-state index is -0.0355. The normalized spacial score (nSPS) is 11.3. The maximum Gasteiger partial charge on any atom is 0.246 e. The Labute approximate surface area is 165 Å². The number of pyridine rings is 1. The summed E-state index contributed by atoms with van der Waals surface area (Å²) in [4.78, 5) is 20.6. The molecular formula is C20H23Cl2N3O. The Morgan fingerprint density at radius 1 is 1.08 bits per heavy atom. The molecular weight excluding hydrogens is 369 g/mol. The highest BCUT2D eigenvalue weighted by Crippen LogP contribution is 2.23. The molecule has 0 unspecified atom stereocenters. The Balaban J connectivity index is 2.09. The molecule has 1 aromatic carbocycles. The van der Waals surface area contributed by atoms with Gasteiger partial charge in [0, 0.05) is 31.6 Å². The van der Waals surface area contributed by atoms with Gasteiger partial charge in [-0.3, -0.25) is 9.78 Å². The first-order valence-corrected chi connectivity index (χ1v) is 9.17. The quantitative estimate of drug-likeness (QED) is 0.626. The van der Waals surface area contributed by atoms with E-state index < -0.39 is 0 Å². The van der Waals surface area contributed by atoms with Crippen molar-refractivity contribution >= 4 is 35.2 Å². The van der Waals surface area contributed by atoms with E-state index >= 15 is 0 Å². The molecule has 2 aromatic rings. The molecule has 138 valence electrons. The van der Waals surface area contributed by atoms with Gasteiger partial charge in [-0.25, -0.2) is 0 Å². The van der Waals surface area contributed by atoms with Gasteiger partial charge < -0.3 is 9.80 Å². The third-order valence-electron chi connectivity index (χ3n) is 3.83. The summed E-state index contributed by atoms with van der Waals surface area (Å²) in [6.07, 6.45) is 7.70. The number of aromatic nitrogens is 1. The highest BCUT2D eigenvalue weighted by Gasteiger charge is 2.12. The predicted molar refractivity (Wildman–Crippen MR) is 108 cm³/mol. The average molecular weight is 392 g/mol. The van der Waals surface area contributed by atoms with Crippen LogP contribution >= 0.6 is 23.2 Å². The Hall–Kier alpha value is -1.88. The zero-order valence-corrected chi connectivity index (χ0v) is 16.5. The molecule has 0 fully saturated rings. The second-order valence-electron chi connectivity index (χ2n) is 6.28. The summed E-state index contributed by atoms with van der Waals surface area (Å²) in [7, 11) is 4.04. The van der Waals surface area contributed by atoms with Crippen LogP contribution in [0.2, 0.25) is 10.0 Å². The lowest BCUT2D eigenvalue weighted by molar-refractivity contribution is -0.126. The van der Waals surface area contributed by atoms with E-state index in [1.165, 1.54) is 0 Å². The summed E-state index contributed by atoms with van der Waals surface area (Å²) in [5.74, 6) is -0.0355. The van der Waals surface area contributed by atoms with Gasteiger partial charge in [-0.2, -0.15) is 0 Å². The van der Waals surface area contributed by atoms with Crippen molar-refractivity contribution in [1.29, 1.82) is 0 Å². The number of benzene rings is 1. The summed E-state index contributed by atoms with van der Waals surface area (Å²) >= 11 is 12.1. The molecule has 6 heteroatoms. The smallest absolute Gasteiger partial charge is 0.246 e. The largest absolute Gasteiger partial charge is 0.335 e. The van der Waals surface area contributed by atoms with Gasteiger partial charge in [0.15, 0.2) is 0 Å². The van der Waals surface area contributed by atoms with Crippen LogP contribution in [0.15, 0.2) is 48.8 Å². The summed E-state index contributed by atoms with van der Waals surface area (Å²) in [5, 5.41) is 1.01. The molecule has 0 N–H and O–H groups in total. The lowest BCUT2D eigenvalue weighted by Crippen LogP contribution is -2.31. The van der Waals surface area contributed by atoms with Gasteiger partial charge in [0.1, 0.15) is 0 Å². The second-order valence-corrected chi connectivity index (χ2v) is 7.09. The van der Waals surface area contributed by atoms with Crippen LogP contribution in [-0.4, -0.2) is 47.9 Å². The van der Waals surface area contributed by atoms with Gasteiger partial charge in [0.2, 0.25) is 5.91 Å². The Bertz CT molecular complexity index is 748. The van der Waals surface area contributed by atoms with Crippen LogP contribution in [0.25, 0.3) is 6.08 Å². The standard InChI is InChI=1S/C20H23Cl2N3O/c1-24(2)12-3-13-25(15-17-4-6-18(21)19(22)14-17)20(26)7-5-16-8-10-23-11-9-16/h4-11,14H,3,12-13,15H2,1-2H3/b7-5+. The van der Waals surface area contributed by atoms with Crippen molar-refractivity contribution in [2.75, 3.05) is 27.2 Å². The van der Waals surface area contributed by atoms with Gasteiger partial charge in [0.25, 0.3) is 0 Å². The molecule has 0 bridgehead atoms. The minimum absolute atomic E-state index is 0.0355. The van der Waals surface area contributed by atoms with Gasteiger partial charge in [0.05, 0.1) is 10.0 Å². The molecule has 0 saturated carbocycles. The minimum Gasteiger partial charge on any atom is -0.335 e. The van der Waals surface area contributed by atoms with Gasteiger partial charge in [-0.05, 0) is 68.5 Å². The number of rotatable bonds is 8. The molecule has 26 heavy (non-hydrogen) atoms. The number of amides is 1. The average Bonchev–Trinajstić information content (AvgIpc) is 2.62. The molecule has 1 amide bonds. The maximum absolute atomic E-state index is 12.7. The van der Waals surface area contributed by atoms with E-state index in [0.717, 1.165) is 24.1 Å². The van der Waals surface area contributed by atoms with E-state index in [1.807, 2.05) is 43.3 Å². The first-order valence-electron chi connectivity index (χ1n) is 8.41. The number of carbonyl (C=O) groups excluding carboxylic acids is 1. The monoisotopic (exact) mass is 391 g/mol. The first-order chi connectivity index (χ1) is 12.5. The lowest BCUT2D eigenvalue weighted by Gasteiger charge is -2.22. The van der Waals surface area contributed by atoms with Crippen LogP contribution < -0.4 is 0 Å². The molecule has 4 nitrogen and oxygen atoms in total. The molecule has 1 aromatic heterocycles. The van der Waals surface area contributed by atoms with Crippen LogP contribution in [0, 0.1) is 0 Å². The summed E-state index contributed by atoms with van der Waals surface area (Å²) < 4.78 is 0. The number of hydrogen-bond donors (Lipinski definition) is 0. The molecule has 0 spiro atoms. The summed E-state index contributed by atoms with van der Waals surface area (Å²) in [6, 6.07) is 9.18. The highest BCUT2D eigenvalue weighted by molar-refractivity contribution is 6.42. The zero-order valence-electron chi connectivity index (χ0n) is 15.0. The van der Waals surface area contributed by atoms with Crippen LogP contribution in [0.4, 0.5) is 0 Å². The molecule has 0 atom stereocenters. The zero-order chi connectivity index (χ0) is 18.9. The van der Waals surface area contributed by atoms with Crippen LogP contribution in [0.1, 0.15) is 17.5 Å². The topological polar surface area (TPSA) is 36.4 Å².